The Labute approximate surface area is 131 Å². The number of aromatic nitrogens is 3. The normalized spacial score (nSPS) is 11.0. The van der Waals surface area contributed by atoms with Gasteiger partial charge in [0.25, 0.3) is 5.56 Å². The van der Waals surface area contributed by atoms with Crippen molar-refractivity contribution in [2.75, 3.05) is 20.3 Å². The van der Waals surface area contributed by atoms with E-state index in [0.717, 1.165) is 16.5 Å². The highest BCUT2D eigenvalue weighted by Crippen LogP contribution is 2.25. The maximum atomic E-state index is 11.5. The van der Waals surface area contributed by atoms with Gasteiger partial charge in [0.2, 0.25) is 0 Å². The van der Waals surface area contributed by atoms with Crippen LogP contribution in [0.3, 0.4) is 0 Å². The summed E-state index contributed by atoms with van der Waals surface area (Å²) >= 11 is 6.03. The first-order valence-corrected chi connectivity index (χ1v) is 7.04. The average molecular weight is 320 g/mol. The molecule has 0 amide bonds. The van der Waals surface area contributed by atoms with Gasteiger partial charge < -0.3 is 14.0 Å². The summed E-state index contributed by atoms with van der Waals surface area (Å²) in [5.41, 5.74) is 0.115. The quantitative estimate of drug-likeness (QED) is 0.733. The molecule has 6 nitrogen and oxygen atoms in total. The van der Waals surface area contributed by atoms with Gasteiger partial charge in [0, 0.05) is 30.3 Å². The van der Waals surface area contributed by atoms with Crippen molar-refractivity contribution in [1.82, 2.24) is 14.8 Å². The van der Waals surface area contributed by atoms with Crippen molar-refractivity contribution in [3.8, 4) is 11.4 Å². The molecule has 1 aromatic carbocycles. The molecule has 0 fully saturated rings. The summed E-state index contributed by atoms with van der Waals surface area (Å²) in [6, 6.07) is 5.76. The molecule has 0 aliphatic heterocycles. The van der Waals surface area contributed by atoms with Gasteiger partial charge in [-0.25, -0.2) is 5.10 Å². The van der Waals surface area contributed by atoms with Crippen LogP contribution in [0.2, 0.25) is 5.02 Å². The Balaban J connectivity index is 1.96. The predicted octanol–water partition coefficient (Wildman–Crippen LogP) is 2.39. The van der Waals surface area contributed by atoms with Crippen molar-refractivity contribution in [2.45, 2.75) is 0 Å². The standard InChI is InChI=1S/C15H14ClN3O3/c1-21-4-5-22-12-3-2-10-8-19(9-11(10)6-12)13-7-17-18-15(20)14(13)16/h2-3,6-9H,4-5H2,1H3,(H,18,20). The molecule has 0 radical (unpaired) electrons. The van der Waals surface area contributed by atoms with Gasteiger partial charge in [-0.15, -0.1) is 0 Å². The molecule has 0 bridgehead atoms. The maximum Gasteiger partial charge on any atom is 0.285 e. The number of ether oxygens (including phenoxy) is 2. The van der Waals surface area contributed by atoms with Gasteiger partial charge in [-0.3, -0.25) is 4.79 Å². The molecule has 2 heterocycles. The third-order valence-corrected chi connectivity index (χ3v) is 3.59. The Hall–Kier alpha value is -2.31. The second-order valence-corrected chi connectivity index (χ2v) is 5.07. The molecule has 3 aromatic rings. The number of halogens is 1. The van der Waals surface area contributed by atoms with Crippen molar-refractivity contribution in [3.63, 3.8) is 0 Å². The molecule has 114 valence electrons. The fourth-order valence-corrected chi connectivity index (χ4v) is 2.33. The van der Waals surface area contributed by atoms with Crippen molar-refractivity contribution < 1.29 is 9.47 Å². The smallest absolute Gasteiger partial charge is 0.285 e. The van der Waals surface area contributed by atoms with Gasteiger partial charge in [0.1, 0.15) is 17.4 Å². The third-order valence-electron chi connectivity index (χ3n) is 3.23. The number of rotatable bonds is 5. The third kappa shape index (κ3) is 2.84. The fraction of sp³-hybridized carbons (Fsp3) is 0.200. The topological polar surface area (TPSA) is 69.1 Å². The van der Waals surface area contributed by atoms with E-state index >= 15 is 0 Å². The zero-order valence-electron chi connectivity index (χ0n) is 11.9. The van der Waals surface area contributed by atoms with Crippen molar-refractivity contribution in [3.05, 3.63) is 52.2 Å². The second kappa shape index (κ2) is 6.21. The largest absolute Gasteiger partial charge is 0.491 e. The summed E-state index contributed by atoms with van der Waals surface area (Å²) in [4.78, 5) is 11.5. The van der Waals surface area contributed by atoms with Crippen LogP contribution in [0.5, 0.6) is 5.75 Å². The molecule has 0 aliphatic rings. The van der Waals surface area contributed by atoms with Crippen LogP contribution in [-0.4, -0.2) is 35.1 Å². The van der Waals surface area contributed by atoms with Crippen LogP contribution in [0, 0.1) is 0 Å². The highest BCUT2D eigenvalue weighted by molar-refractivity contribution is 6.32. The number of hydrogen-bond acceptors (Lipinski definition) is 4. The maximum absolute atomic E-state index is 11.5. The van der Waals surface area contributed by atoms with Crippen LogP contribution in [0.25, 0.3) is 16.5 Å². The van der Waals surface area contributed by atoms with Gasteiger partial charge in [0.05, 0.1) is 18.5 Å². The molecular formula is C15H14ClN3O3. The number of hydrogen-bond donors (Lipinski definition) is 1. The molecule has 2 aromatic heterocycles. The summed E-state index contributed by atoms with van der Waals surface area (Å²) in [6.07, 6.45) is 5.27. The first kappa shape index (κ1) is 14.6. The Kier molecular flexibility index (Phi) is 4.13. The van der Waals surface area contributed by atoms with Crippen molar-refractivity contribution in [1.29, 1.82) is 0 Å². The van der Waals surface area contributed by atoms with Gasteiger partial charge >= 0.3 is 0 Å². The minimum Gasteiger partial charge on any atom is -0.491 e. The molecule has 1 N–H and O–H groups in total. The lowest BCUT2D eigenvalue weighted by Gasteiger charge is -2.04. The molecule has 0 aliphatic carbocycles. The van der Waals surface area contributed by atoms with E-state index < -0.39 is 5.56 Å². The highest BCUT2D eigenvalue weighted by atomic mass is 35.5. The lowest BCUT2D eigenvalue weighted by atomic mass is 10.2. The summed E-state index contributed by atoms with van der Waals surface area (Å²) < 4.78 is 12.3. The number of aromatic amines is 1. The van der Waals surface area contributed by atoms with E-state index in [1.165, 1.54) is 6.20 Å². The van der Waals surface area contributed by atoms with Crippen LogP contribution in [0.15, 0.2) is 41.6 Å². The van der Waals surface area contributed by atoms with E-state index in [0.29, 0.717) is 18.9 Å². The first-order valence-electron chi connectivity index (χ1n) is 6.66. The predicted molar refractivity (Wildman–Crippen MR) is 84.1 cm³/mol. The average Bonchev–Trinajstić information content (AvgIpc) is 2.93. The molecule has 0 saturated carbocycles. The van der Waals surface area contributed by atoms with Gasteiger partial charge in [-0.2, -0.15) is 5.10 Å². The molecule has 22 heavy (non-hydrogen) atoms. The molecule has 0 unspecified atom stereocenters. The van der Waals surface area contributed by atoms with Crippen molar-refractivity contribution >= 4 is 22.4 Å². The zero-order valence-corrected chi connectivity index (χ0v) is 12.6. The van der Waals surface area contributed by atoms with Crippen LogP contribution in [0.1, 0.15) is 0 Å². The molecule has 7 heteroatoms. The number of fused-ring (bicyclic) bond motifs is 1. The number of benzene rings is 1. The molecule has 0 atom stereocenters. The SMILES string of the molecule is COCCOc1ccc2cn(-c3cn[nH]c(=O)c3Cl)cc2c1. The van der Waals surface area contributed by atoms with Gasteiger partial charge in [0.15, 0.2) is 0 Å². The van der Waals surface area contributed by atoms with E-state index in [1.807, 2.05) is 30.6 Å². The summed E-state index contributed by atoms with van der Waals surface area (Å²) in [6.45, 7) is 1.03. The van der Waals surface area contributed by atoms with Crippen molar-refractivity contribution in [2.24, 2.45) is 0 Å². The molecular weight excluding hydrogens is 306 g/mol. The minimum atomic E-state index is -0.416. The Morgan fingerprint density at radius 3 is 2.91 bits per heavy atom. The first-order chi connectivity index (χ1) is 10.7. The zero-order chi connectivity index (χ0) is 15.5. The molecule has 3 rings (SSSR count). The lowest BCUT2D eigenvalue weighted by Crippen LogP contribution is -2.11. The lowest BCUT2D eigenvalue weighted by molar-refractivity contribution is 0.146. The minimum absolute atomic E-state index is 0.104. The van der Waals surface area contributed by atoms with Gasteiger partial charge in [-0.05, 0) is 18.2 Å². The van der Waals surface area contributed by atoms with Crippen LogP contribution in [-0.2, 0) is 4.74 Å². The monoisotopic (exact) mass is 319 g/mol. The Morgan fingerprint density at radius 2 is 2.09 bits per heavy atom. The van der Waals surface area contributed by atoms with E-state index in [9.17, 15) is 4.79 Å². The summed E-state index contributed by atoms with van der Waals surface area (Å²) in [5, 5.41) is 8.17. The van der Waals surface area contributed by atoms with E-state index in [2.05, 4.69) is 10.2 Å². The number of H-pyrrole nitrogens is 1. The van der Waals surface area contributed by atoms with Crippen LogP contribution in [0.4, 0.5) is 0 Å². The number of nitrogens with zero attached hydrogens (tertiary/aromatic N) is 2. The van der Waals surface area contributed by atoms with E-state index in [1.54, 1.807) is 11.7 Å². The van der Waals surface area contributed by atoms with E-state index in [4.69, 9.17) is 21.1 Å². The molecule has 0 saturated heterocycles. The Bertz CT molecular complexity index is 857. The number of nitrogens with one attached hydrogen (secondary N) is 1. The summed E-state index contributed by atoms with van der Waals surface area (Å²) in [5.74, 6) is 0.762. The molecule has 0 spiro atoms. The highest BCUT2D eigenvalue weighted by Gasteiger charge is 2.09. The fourth-order valence-electron chi connectivity index (χ4n) is 2.15. The van der Waals surface area contributed by atoms with Gasteiger partial charge in [-0.1, -0.05) is 11.6 Å². The Morgan fingerprint density at radius 1 is 1.27 bits per heavy atom. The second-order valence-electron chi connectivity index (χ2n) is 4.70. The summed E-state index contributed by atoms with van der Waals surface area (Å²) in [7, 11) is 1.63. The van der Waals surface area contributed by atoms with E-state index in [-0.39, 0.29) is 5.02 Å². The van der Waals surface area contributed by atoms with Crippen LogP contribution >= 0.6 is 11.6 Å². The number of methoxy groups -OCH3 is 1. The van der Waals surface area contributed by atoms with Crippen LogP contribution < -0.4 is 10.3 Å².